The molecular weight excluding hydrogens is 290 g/mol. The van der Waals surface area contributed by atoms with Crippen LogP contribution in [0.15, 0.2) is 24.3 Å². The highest BCUT2D eigenvalue weighted by atomic mass is 35.5. The van der Waals surface area contributed by atoms with Crippen molar-refractivity contribution in [1.82, 2.24) is 5.32 Å². The molecule has 116 valence electrons. The molecule has 1 saturated carbocycles. The van der Waals surface area contributed by atoms with Crippen LogP contribution in [-0.2, 0) is 4.79 Å². The maximum atomic E-state index is 12.1. The number of hydrogen-bond acceptors (Lipinski definition) is 3. The van der Waals surface area contributed by atoms with Gasteiger partial charge in [-0.05, 0) is 31.9 Å². The summed E-state index contributed by atoms with van der Waals surface area (Å²) in [4.78, 5) is 12.1. The van der Waals surface area contributed by atoms with Crippen LogP contribution in [0.4, 0.5) is 0 Å². The minimum Gasteiger partial charge on any atom is -0.479 e. The van der Waals surface area contributed by atoms with E-state index in [1.54, 1.807) is 19.1 Å². The lowest BCUT2D eigenvalue weighted by Gasteiger charge is -2.27. The number of nitrogens with one attached hydrogen (secondary N) is 1. The molecule has 5 heteroatoms. The van der Waals surface area contributed by atoms with E-state index in [1.165, 1.54) is 0 Å². The second-order valence-corrected chi connectivity index (χ2v) is 6.18. The largest absolute Gasteiger partial charge is 0.479 e. The van der Waals surface area contributed by atoms with Crippen molar-refractivity contribution in [3.8, 4) is 5.75 Å². The van der Waals surface area contributed by atoms with Crippen molar-refractivity contribution in [3.63, 3.8) is 0 Å². The number of aliphatic hydroxyl groups is 1. The fourth-order valence-electron chi connectivity index (χ4n) is 2.72. The minimum absolute atomic E-state index is 0.118. The molecule has 2 N–H and O–H groups in total. The summed E-state index contributed by atoms with van der Waals surface area (Å²) in [5.41, 5.74) is -0.153. The lowest BCUT2D eigenvalue weighted by atomic mass is 9.87. The molecule has 4 nitrogen and oxygen atoms in total. The molecule has 0 bridgehead atoms. The Morgan fingerprint density at radius 1 is 1.43 bits per heavy atom. The van der Waals surface area contributed by atoms with Crippen molar-refractivity contribution in [1.29, 1.82) is 0 Å². The smallest absolute Gasteiger partial charge is 0.260 e. The van der Waals surface area contributed by atoms with Gasteiger partial charge in [0.15, 0.2) is 6.10 Å². The molecule has 1 aliphatic carbocycles. The lowest BCUT2D eigenvalue weighted by molar-refractivity contribution is -0.127. The quantitative estimate of drug-likeness (QED) is 0.849. The van der Waals surface area contributed by atoms with Crippen LogP contribution < -0.4 is 10.1 Å². The number of hydrogen-bond donors (Lipinski definition) is 2. The van der Waals surface area contributed by atoms with E-state index < -0.39 is 6.10 Å². The van der Waals surface area contributed by atoms with Gasteiger partial charge in [0.05, 0.1) is 11.6 Å². The Labute approximate surface area is 130 Å². The molecule has 0 aromatic heterocycles. The lowest BCUT2D eigenvalue weighted by Crippen LogP contribution is -2.43. The van der Waals surface area contributed by atoms with E-state index in [9.17, 15) is 9.90 Å². The van der Waals surface area contributed by atoms with Crippen molar-refractivity contribution >= 4 is 17.5 Å². The number of carbonyl (C=O) groups is 1. The summed E-state index contributed by atoms with van der Waals surface area (Å²) < 4.78 is 5.58. The molecule has 0 saturated heterocycles. The molecule has 0 spiro atoms. The molecule has 1 amide bonds. The molecular formula is C16H22ClNO3. The summed E-state index contributed by atoms with van der Waals surface area (Å²) in [5, 5.41) is 12.9. The number of ether oxygens (including phenoxy) is 1. The molecule has 0 aliphatic heterocycles. The van der Waals surface area contributed by atoms with E-state index >= 15 is 0 Å². The Morgan fingerprint density at radius 2 is 2.10 bits per heavy atom. The van der Waals surface area contributed by atoms with Crippen molar-refractivity contribution in [2.75, 3.05) is 13.2 Å². The molecule has 21 heavy (non-hydrogen) atoms. The van der Waals surface area contributed by atoms with Gasteiger partial charge < -0.3 is 15.2 Å². The summed E-state index contributed by atoms with van der Waals surface area (Å²) >= 11 is 6.01. The zero-order chi connectivity index (χ0) is 15.3. The number of rotatable bonds is 6. The van der Waals surface area contributed by atoms with Gasteiger partial charge in [0, 0.05) is 12.0 Å². The summed E-state index contributed by atoms with van der Waals surface area (Å²) in [5.74, 6) is 0.314. The monoisotopic (exact) mass is 311 g/mol. The Morgan fingerprint density at radius 3 is 2.71 bits per heavy atom. The van der Waals surface area contributed by atoms with Gasteiger partial charge >= 0.3 is 0 Å². The Kier molecular flexibility index (Phi) is 5.48. The van der Waals surface area contributed by atoms with Crippen LogP contribution in [0, 0.1) is 5.41 Å². The van der Waals surface area contributed by atoms with Crippen molar-refractivity contribution in [2.45, 2.75) is 38.7 Å². The van der Waals surface area contributed by atoms with Crippen LogP contribution in [0.2, 0.25) is 5.02 Å². The number of benzene rings is 1. The minimum atomic E-state index is -0.623. The third-order valence-electron chi connectivity index (χ3n) is 4.15. The maximum Gasteiger partial charge on any atom is 0.260 e. The first kappa shape index (κ1) is 16.1. The van der Waals surface area contributed by atoms with Gasteiger partial charge in [-0.2, -0.15) is 0 Å². The number of amides is 1. The maximum absolute atomic E-state index is 12.1. The van der Waals surface area contributed by atoms with Crippen LogP contribution in [0.1, 0.15) is 32.6 Å². The standard InChI is InChI=1S/C16H22ClNO3/c1-12(21-14-7-3-2-6-13(14)17)15(20)18-10-16(11-19)8-4-5-9-16/h2-3,6-7,12,19H,4-5,8-11H2,1H3,(H,18,20). The van der Waals surface area contributed by atoms with Crippen LogP contribution in [0.25, 0.3) is 0 Å². The van der Waals surface area contributed by atoms with Gasteiger partial charge in [-0.1, -0.05) is 36.6 Å². The van der Waals surface area contributed by atoms with Crippen molar-refractivity contribution in [2.24, 2.45) is 5.41 Å². The van der Waals surface area contributed by atoms with E-state index in [0.717, 1.165) is 25.7 Å². The summed E-state index contributed by atoms with van der Waals surface area (Å²) in [6.07, 6.45) is 3.53. The Hall–Kier alpha value is -1.26. The fourth-order valence-corrected chi connectivity index (χ4v) is 2.90. The predicted octanol–water partition coefficient (Wildman–Crippen LogP) is 2.78. The second-order valence-electron chi connectivity index (χ2n) is 5.77. The molecule has 1 aliphatic rings. The van der Waals surface area contributed by atoms with E-state index in [4.69, 9.17) is 16.3 Å². The second kappa shape index (κ2) is 7.14. The highest BCUT2D eigenvalue weighted by Gasteiger charge is 2.34. The van der Waals surface area contributed by atoms with Gasteiger partial charge in [-0.3, -0.25) is 4.79 Å². The Bertz CT molecular complexity index is 486. The molecule has 1 aromatic carbocycles. The molecule has 0 radical (unpaired) electrons. The highest BCUT2D eigenvalue weighted by molar-refractivity contribution is 6.32. The van der Waals surface area contributed by atoms with E-state index in [-0.39, 0.29) is 17.9 Å². The van der Waals surface area contributed by atoms with Crippen LogP contribution in [0.5, 0.6) is 5.75 Å². The first-order valence-electron chi connectivity index (χ1n) is 7.36. The number of carbonyl (C=O) groups excluding carboxylic acids is 1. The Balaban J connectivity index is 1.87. The fraction of sp³-hybridized carbons (Fsp3) is 0.562. The van der Waals surface area contributed by atoms with Gasteiger partial charge in [0.25, 0.3) is 5.91 Å². The normalized spacial score (nSPS) is 18.2. The molecule has 1 fully saturated rings. The van der Waals surface area contributed by atoms with E-state index in [1.807, 2.05) is 12.1 Å². The van der Waals surface area contributed by atoms with Gasteiger partial charge in [0.2, 0.25) is 0 Å². The number of halogens is 1. The first-order chi connectivity index (χ1) is 10.1. The topological polar surface area (TPSA) is 58.6 Å². The van der Waals surface area contributed by atoms with E-state index in [0.29, 0.717) is 17.3 Å². The summed E-state index contributed by atoms with van der Waals surface area (Å²) in [6.45, 7) is 2.31. The third-order valence-corrected chi connectivity index (χ3v) is 4.46. The zero-order valence-corrected chi connectivity index (χ0v) is 13.0. The van der Waals surface area contributed by atoms with Crippen LogP contribution in [0.3, 0.4) is 0 Å². The molecule has 2 rings (SSSR count). The molecule has 1 unspecified atom stereocenters. The average Bonchev–Trinajstić information content (AvgIpc) is 2.96. The molecule has 1 aromatic rings. The molecule has 0 heterocycles. The van der Waals surface area contributed by atoms with Gasteiger partial charge in [-0.25, -0.2) is 0 Å². The van der Waals surface area contributed by atoms with Crippen LogP contribution in [-0.4, -0.2) is 30.3 Å². The SMILES string of the molecule is CC(Oc1ccccc1Cl)C(=O)NCC1(CO)CCCC1. The van der Waals surface area contributed by atoms with E-state index in [2.05, 4.69) is 5.32 Å². The van der Waals surface area contributed by atoms with Gasteiger partial charge in [-0.15, -0.1) is 0 Å². The number of para-hydroxylation sites is 1. The van der Waals surface area contributed by atoms with Gasteiger partial charge in [0.1, 0.15) is 5.75 Å². The summed E-state index contributed by atoms with van der Waals surface area (Å²) in [7, 11) is 0. The summed E-state index contributed by atoms with van der Waals surface area (Å²) in [6, 6.07) is 7.08. The third kappa shape index (κ3) is 4.11. The zero-order valence-electron chi connectivity index (χ0n) is 12.3. The highest BCUT2D eigenvalue weighted by Crippen LogP contribution is 2.36. The first-order valence-corrected chi connectivity index (χ1v) is 7.74. The van der Waals surface area contributed by atoms with Crippen molar-refractivity contribution < 1.29 is 14.6 Å². The molecule has 1 atom stereocenters. The number of aliphatic hydroxyl groups excluding tert-OH is 1. The van der Waals surface area contributed by atoms with Crippen LogP contribution >= 0.6 is 11.6 Å². The average molecular weight is 312 g/mol. The predicted molar refractivity (Wildman–Crippen MR) is 82.5 cm³/mol. The van der Waals surface area contributed by atoms with Crippen molar-refractivity contribution in [3.05, 3.63) is 29.3 Å².